The maximum atomic E-state index is 2.20. The third-order valence-electron chi connectivity index (χ3n) is 2.04. The first-order chi connectivity index (χ1) is 5.16. The third kappa shape index (κ3) is 1.37. The summed E-state index contributed by atoms with van der Waals surface area (Å²) in [5, 5.41) is 0. The zero-order chi connectivity index (χ0) is 8.43. The lowest BCUT2D eigenvalue weighted by atomic mass is 10.2. The molecule has 0 aromatic carbocycles. The Hall–Kier alpha value is -0.980. The largest absolute Gasteiger partial charge is 0.348 e. The molecule has 0 aliphatic carbocycles. The number of aromatic nitrogens is 1. The van der Waals surface area contributed by atoms with Gasteiger partial charge in [0.1, 0.15) is 0 Å². The monoisotopic (exact) mass is 149 g/mol. The zero-order valence-corrected chi connectivity index (χ0v) is 7.68. The molecule has 0 unspecified atom stereocenters. The fourth-order valence-electron chi connectivity index (χ4n) is 1.34. The van der Waals surface area contributed by atoms with Crippen molar-refractivity contribution in [1.82, 2.24) is 4.57 Å². The van der Waals surface area contributed by atoms with Gasteiger partial charge >= 0.3 is 0 Å². The standard InChI is InChI=1S/C10H15N/c1-5-6-10-8(2)7-9(3)11(10)4/h5-7H,1-4H3/b6-5-. The van der Waals surface area contributed by atoms with Gasteiger partial charge in [0.2, 0.25) is 0 Å². The summed E-state index contributed by atoms with van der Waals surface area (Å²) >= 11 is 0. The van der Waals surface area contributed by atoms with Crippen LogP contribution in [0.2, 0.25) is 0 Å². The zero-order valence-electron chi connectivity index (χ0n) is 7.68. The van der Waals surface area contributed by atoms with Gasteiger partial charge in [-0.15, -0.1) is 0 Å². The molecule has 0 radical (unpaired) electrons. The molecule has 0 fully saturated rings. The normalized spacial score (nSPS) is 11.3. The van der Waals surface area contributed by atoms with Crippen LogP contribution in [0.1, 0.15) is 23.9 Å². The summed E-state index contributed by atoms with van der Waals surface area (Å²) in [5.41, 5.74) is 3.98. The van der Waals surface area contributed by atoms with Gasteiger partial charge in [-0.2, -0.15) is 0 Å². The average Bonchev–Trinajstić information content (AvgIpc) is 2.17. The fraction of sp³-hybridized carbons (Fsp3) is 0.400. The van der Waals surface area contributed by atoms with E-state index in [0.29, 0.717) is 0 Å². The van der Waals surface area contributed by atoms with Crippen molar-refractivity contribution in [1.29, 1.82) is 0 Å². The molecule has 0 saturated carbocycles. The van der Waals surface area contributed by atoms with E-state index < -0.39 is 0 Å². The Labute approximate surface area is 68.4 Å². The van der Waals surface area contributed by atoms with E-state index in [0.717, 1.165) is 0 Å². The molecule has 0 spiro atoms. The van der Waals surface area contributed by atoms with Crippen LogP contribution in [0.3, 0.4) is 0 Å². The molecule has 0 saturated heterocycles. The first kappa shape index (κ1) is 8.12. The predicted octanol–water partition coefficient (Wildman–Crippen LogP) is 2.68. The van der Waals surface area contributed by atoms with Gasteiger partial charge in [0.15, 0.2) is 0 Å². The lowest BCUT2D eigenvalue weighted by Gasteiger charge is -1.99. The van der Waals surface area contributed by atoms with E-state index in [9.17, 15) is 0 Å². The Balaban J connectivity index is 3.22. The molecule has 1 heteroatoms. The van der Waals surface area contributed by atoms with Gasteiger partial charge in [-0.05, 0) is 38.5 Å². The second kappa shape index (κ2) is 2.95. The molecule has 1 nitrogen and oxygen atoms in total. The number of rotatable bonds is 1. The maximum absolute atomic E-state index is 2.20. The molecule has 0 N–H and O–H groups in total. The number of nitrogens with zero attached hydrogens (tertiary/aromatic N) is 1. The van der Waals surface area contributed by atoms with E-state index in [1.165, 1.54) is 17.0 Å². The quantitative estimate of drug-likeness (QED) is 0.578. The third-order valence-corrected chi connectivity index (χ3v) is 2.04. The molecule has 11 heavy (non-hydrogen) atoms. The summed E-state index contributed by atoms with van der Waals surface area (Å²) in [5.74, 6) is 0. The van der Waals surface area contributed by atoms with Crippen molar-refractivity contribution in [3.63, 3.8) is 0 Å². The van der Waals surface area contributed by atoms with E-state index in [1.54, 1.807) is 0 Å². The summed E-state index contributed by atoms with van der Waals surface area (Å²) in [7, 11) is 2.09. The molecule has 0 aliphatic rings. The molecule has 0 atom stereocenters. The van der Waals surface area contributed by atoms with Gasteiger partial charge in [0.25, 0.3) is 0 Å². The molecule has 1 aromatic heterocycles. The fourth-order valence-corrected chi connectivity index (χ4v) is 1.34. The van der Waals surface area contributed by atoms with Crippen LogP contribution in [0.4, 0.5) is 0 Å². The van der Waals surface area contributed by atoms with E-state index in [2.05, 4.69) is 43.7 Å². The average molecular weight is 149 g/mol. The van der Waals surface area contributed by atoms with Crippen molar-refractivity contribution in [3.8, 4) is 0 Å². The van der Waals surface area contributed by atoms with Crippen molar-refractivity contribution in [2.24, 2.45) is 7.05 Å². The lowest BCUT2D eigenvalue weighted by Crippen LogP contribution is -1.93. The molecule has 1 heterocycles. The minimum atomic E-state index is 1.31. The first-order valence-corrected chi connectivity index (χ1v) is 3.92. The van der Waals surface area contributed by atoms with Crippen LogP contribution in [0.5, 0.6) is 0 Å². The summed E-state index contributed by atoms with van der Waals surface area (Å²) in [4.78, 5) is 0. The second-order valence-electron chi connectivity index (χ2n) is 2.91. The summed E-state index contributed by atoms with van der Waals surface area (Å²) in [6, 6.07) is 2.20. The van der Waals surface area contributed by atoms with E-state index >= 15 is 0 Å². The molecule has 0 bridgehead atoms. The molecule has 60 valence electrons. The van der Waals surface area contributed by atoms with Gasteiger partial charge in [-0.25, -0.2) is 0 Å². The van der Waals surface area contributed by atoms with Crippen molar-refractivity contribution >= 4 is 6.08 Å². The Morgan fingerprint density at radius 2 is 2.00 bits per heavy atom. The van der Waals surface area contributed by atoms with Crippen molar-refractivity contribution in [3.05, 3.63) is 29.1 Å². The van der Waals surface area contributed by atoms with E-state index in [4.69, 9.17) is 0 Å². The number of allylic oxidation sites excluding steroid dienone is 1. The number of hydrogen-bond acceptors (Lipinski definition) is 0. The van der Waals surface area contributed by atoms with Crippen LogP contribution in [0.25, 0.3) is 6.08 Å². The minimum absolute atomic E-state index is 1.31. The predicted molar refractivity (Wildman–Crippen MR) is 49.6 cm³/mol. The SMILES string of the molecule is C/C=C\c1c(C)cc(C)n1C. The van der Waals surface area contributed by atoms with Crippen LogP contribution in [0, 0.1) is 13.8 Å². The van der Waals surface area contributed by atoms with E-state index in [1.807, 2.05) is 6.92 Å². The van der Waals surface area contributed by atoms with Crippen molar-refractivity contribution in [2.45, 2.75) is 20.8 Å². The molecular weight excluding hydrogens is 134 g/mol. The van der Waals surface area contributed by atoms with E-state index in [-0.39, 0.29) is 0 Å². The van der Waals surface area contributed by atoms with Crippen molar-refractivity contribution in [2.75, 3.05) is 0 Å². The molecule has 1 aromatic rings. The van der Waals surface area contributed by atoms with Crippen LogP contribution in [-0.4, -0.2) is 4.57 Å². The first-order valence-electron chi connectivity index (χ1n) is 3.92. The Bertz CT molecular complexity index is 279. The summed E-state index contributed by atoms with van der Waals surface area (Å²) in [6.07, 6.45) is 4.21. The van der Waals surface area contributed by atoms with Crippen LogP contribution >= 0.6 is 0 Å². The lowest BCUT2D eigenvalue weighted by molar-refractivity contribution is 0.869. The summed E-state index contributed by atoms with van der Waals surface area (Å²) in [6.45, 7) is 6.31. The molecule has 1 rings (SSSR count). The van der Waals surface area contributed by atoms with Crippen LogP contribution in [0.15, 0.2) is 12.1 Å². The smallest absolute Gasteiger partial charge is 0.0432 e. The Morgan fingerprint density at radius 1 is 1.36 bits per heavy atom. The minimum Gasteiger partial charge on any atom is -0.348 e. The van der Waals surface area contributed by atoms with Gasteiger partial charge in [0.05, 0.1) is 0 Å². The maximum Gasteiger partial charge on any atom is 0.0432 e. The topological polar surface area (TPSA) is 4.93 Å². The summed E-state index contributed by atoms with van der Waals surface area (Å²) < 4.78 is 2.20. The highest BCUT2D eigenvalue weighted by molar-refractivity contribution is 5.51. The van der Waals surface area contributed by atoms with Gasteiger partial charge in [-0.3, -0.25) is 0 Å². The second-order valence-corrected chi connectivity index (χ2v) is 2.91. The highest BCUT2D eigenvalue weighted by atomic mass is 14.9. The Morgan fingerprint density at radius 3 is 2.36 bits per heavy atom. The van der Waals surface area contributed by atoms with Crippen molar-refractivity contribution < 1.29 is 0 Å². The van der Waals surface area contributed by atoms with Gasteiger partial charge < -0.3 is 4.57 Å². The van der Waals surface area contributed by atoms with Gasteiger partial charge in [0, 0.05) is 18.4 Å². The highest BCUT2D eigenvalue weighted by Crippen LogP contribution is 2.14. The number of hydrogen-bond donors (Lipinski definition) is 0. The molecule has 0 amide bonds. The highest BCUT2D eigenvalue weighted by Gasteiger charge is 2.01. The molecular formula is C10H15N. The molecule has 0 aliphatic heterocycles. The van der Waals surface area contributed by atoms with Gasteiger partial charge in [-0.1, -0.05) is 6.08 Å². The van der Waals surface area contributed by atoms with Crippen LogP contribution in [-0.2, 0) is 7.05 Å². The number of aryl methyl sites for hydroxylation is 2. The Kier molecular flexibility index (Phi) is 2.18. The van der Waals surface area contributed by atoms with Crippen LogP contribution < -0.4 is 0 Å².